The molecule has 0 bridgehead atoms. The Hall–Kier alpha value is -4.14. The first kappa shape index (κ1) is 19.8. The summed E-state index contributed by atoms with van der Waals surface area (Å²) in [7, 11) is 0. The third-order valence-corrected chi connectivity index (χ3v) is 5.75. The third kappa shape index (κ3) is 2.85. The fourth-order valence-corrected chi connectivity index (χ4v) is 4.02. The van der Waals surface area contributed by atoms with Crippen molar-refractivity contribution in [2.75, 3.05) is 6.79 Å². The van der Waals surface area contributed by atoms with E-state index in [2.05, 4.69) is 9.97 Å². The number of ether oxygens (including phenoxy) is 2. The van der Waals surface area contributed by atoms with Gasteiger partial charge in [0.05, 0.1) is 11.4 Å². The van der Waals surface area contributed by atoms with Crippen molar-refractivity contribution in [1.82, 2.24) is 14.9 Å². The van der Waals surface area contributed by atoms with E-state index < -0.39 is 29.4 Å². The molecule has 3 heterocycles. The Balaban J connectivity index is 1.67. The monoisotopic (exact) mass is 433 g/mol. The van der Waals surface area contributed by atoms with Crippen LogP contribution in [-0.2, 0) is 15.9 Å². The van der Waals surface area contributed by atoms with Crippen LogP contribution in [0.25, 0.3) is 11.0 Å². The molecule has 1 unspecified atom stereocenters. The van der Waals surface area contributed by atoms with Crippen LogP contribution in [0.2, 0.25) is 0 Å². The van der Waals surface area contributed by atoms with Crippen LogP contribution in [0.15, 0.2) is 42.4 Å². The number of fused-ring (bicyclic) bond motifs is 2. The van der Waals surface area contributed by atoms with Gasteiger partial charge in [0, 0.05) is 6.42 Å². The van der Waals surface area contributed by atoms with Crippen LogP contribution in [0.4, 0.5) is 0 Å². The van der Waals surface area contributed by atoms with Crippen LogP contribution in [0.3, 0.4) is 0 Å². The van der Waals surface area contributed by atoms with E-state index in [4.69, 9.17) is 9.47 Å². The molecule has 2 amide bonds. The van der Waals surface area contributed by atoms with Gasteiger partial charge in [-0.1, -0.05) is 30.3 Å². The van der Waals surface area contributed by atoms with Gasteiger partial charge in [0.15, 0.2) is 17.3 Å². The Bertz CT molecular complexity index is 1250. The molecule has 162 valence electrons. The first-order valence-electron chi connectivity index (χ1n) is 9.97. The van der Waals surface area contributed by atoms with Gasteiger partial charge in [0.25, 0.3) is 11.8 Å². The van der Waals surface area contributed by atoms with E-state index >= 15 is 0 Å². The Labute approximate surface area is 182 Å². The summed E-state index contributed by atoms with van der Waals surface area (Å²) < 4.78 is 10.7. The largest absolute Gasteiger partial charge is 0.505 e. The van der Waals surface area contributed by atoms with Gasteiger partial charge in [0.1, 0.15) is 34.5 Å². The highest BCUT2D eigenvalue weighted by atomic mass is 16.7. The number of imide groups is 1. The van der Waals surface area contributed by atoms with Crippen LogP contribution in [-0.4, -0.2) is 49.7 Å². The summed E-state index contributed by atoms with van der Waals surface area (Å²) in [6.45, 7) is 3.37. The second-order valence-electron chi connectivity index (χ2n) is 7.67. The molecule has 0 radical (unpaired) electrons. The lowest BCUT2D eigenvalue weighted by Crippen LogP contribution is -2.42. The van der Waals surface area contributed by atoms with E-state index in [0.29, 0.717) is 17.1 Å². The van der Waals surface area contributed by atoms with Crippen LogP contribution < -0.4 is 0 Å². The Kier molecular flexibility index (Phi) is 4.47. The molecule has 32 heavy (non-hydrogen) atoms. The molecule has 9 heteroatoms. The predicted molar refractivity (Wildman–Crippen MR) is 112 cm³/mol. The van der Waals surface area contributed by atoms with Crippen molar-refractivity contribution in [1.29, 1.82) is 0 Å². The second-order valence-corrected chi connectivity index (χ2v) is 7.67. The van der Waals surface area contributed by atoms with E-state index in [1.54, 1.807) is 13.8 Å². The summed E-state index contributed by atoms with van der Waals surface area (Å²) in [6, 6.07) is 8.46. The molecule has 3 aromatic rings. The number of aromatic nitrogens is 2. The zero-order chi connectivity index (χ0) is 22.6. The molecule has 2 aromatic carbocycles. The van der Waals surface area contributed by atoms with E-state index in [-0.39, 0.29) is 35.4 Å². The van der Waals surface area contributed by atoms with Crippen molar-refractivity contribution < 1.29 is 29.3 Å². The lowest BCUT2D eigenvalue weighted by molar-refractivity contribution is 0.0450. The SMILES string of the molecule is Cc1nc2c(O)c3c(c(O)c2nc1C)C(=O)N(C(Cc1ccccc1)C1=COCO1)C3=O. The molecule has 9 nitrogen and oxygen atoms in total. The summed E-state index contributed by atoms with van der Waals surface area (Å²) in [5, 5.41) is 21.7. The van der Waals surface area contributed by atoms with E-state index in [1.165, 1.54) is 6.26 Å². The molecule has 2 aliphatic heterocycles. The summed E-state index contributed by atoms with van der Waals surface area (Å²) in [5.41, 5.74) is 1.26. The highest BCUT2D eigenvalue weighted by molar-refractivity contribution is 6.26. The predicted octanol–water partition coefficient (Wildman–Crippen LogP) is 2.71. The third-order valence-electron chi connectivity index (χ3n) is 5.75. The molecule has 1 aromatic heterocycles. The van der Waals surface area contributed by atoms with Crippen LogP contribution >= 0.6 is 0 Å². The molecule has 0 fully saturated rings. The quantitative estimate of drug-likeness (QED) is 0.476. The van der Waals surface area contributed by atoms with Crippen molar-refractivity contribution in [3.8, 4) is 11.5 Å². The normalized spacial score (nSPS) is 16.1. The van der Waals surface area contributed by atoms with Gasteiger partial charge in [-0.25, -0.2) is 9.97 Å². The minimum absolute atomic E-state index is 0.0312. The molecule has 0 aliphatic carbocycles. The molecule has 0 saturated heterocycles. The molecule has 2 aliphatic rings. The number of phenolic OH excluding ortho intramolecular Hbond substituents is 2. The molecule has 1 atom stereocenters. The average Bonchev–Trinajstić information content (AvgIpc) is 3.40. The fourth-order valence-electron chi connectivity index (χ4n) is 4.02. The number of phenols is 2. The Morgan fingerprint density at radius 2 is 1.53 bits per heavy atom. The van der Waals surface area contributed by atoms with Gasteiger partial charge in [-0.15, -0.1) is 0 Å². The molecule has 0 saturated carbocycles. The number of carbonyl (C=O) groups is 2. The average molecular weight is 433 g/mol. The lowest BCUT2D eigenvalue weighted by atomic mass is 10.0. The number of aryl methyl sites for hydroxylation is 2. The summed E-state index contributed by atoms with van der Waals surface area (Å²) in [5.74, 6) is -2.18. The minimum Gasteiger partial charge on any atom is -0.505 e. The Morgan fingerprint density at radius 3 is 2.03 bits per heavy atom. The number of nitrogens with zero attached hydrogens (tertiary/aromatic N) is 3. The van der Waals surface area contributed by atoms with E-state index in [9.17, 15) is 19.8 Å². The maximum Gasteiger partial charge on any atom is 0.266 e. The lowest BCUT2D eigenvalue weighted by Gasteiger charge is -2.26. The van der Waals surface area contributed by atoms with Crippen molar-refractivity contribution in [2.24, 2.45) is 0 Å². The smallest absolute Gasteiger partial charge is 0.266 e. The first-order valence-corrected chi connectivity index (χ1v) is 9.97. The molecule has 0 spiro atoms. The van der Waals surface area contributed by atoms with Crippen LogP contribution in [0, 0.1) is 13.8 Å². The van der Waals surface area contributed by atoms with E-state index in [0.717, 1.165) is 10.5 Å². The fraction of sp³-hybridized carbons (Fsp3) is 0.217. The summed E-state index contributed by atoms with van der Waals surface area (Å²) in [6.07, 6.45) is 1.63. The second kappa shape index (κ2) is 7.23. The van der Waals surface area contributed by atoms with Gasteiger partial charge >= 0.3 is 0 Å². The maximum absolute atomic E-state index is 13.4. The van der Waals surface area contributed by atoms with Crippen LogP contribution in [0.5, 0.6) is 11.5 Å². The number of rotatable bonds is 4. The maximum atomic E-state index is 13.4. The molecule has 5 rings (SSSR count). The number of benzene rings is 2. The molecular weight excluding hydrogens is 414 g/mol. The van der Waals surface area contributed by atoms with Gasteiger partial charge in [-0.3, -0.25) is 14.5 Å². The zero-order valence-electron chi connectivity index (χ0n) is 17.3. The number of aromatic hydroxyl groups is 2. The highest BCUT2D eigenvalue weighted by Gasteiger charge is 2.47. The zero-order valence-corrected chi connectivity index (χ0v) is 17.3. The van der Waals surface area contributed by atoms with Gasteiger partial charge in [-0.2, -0.15) is 0 Å². The molecule has 2 N–H and O–H groups in total. The minimum atomic E-state index is -0.835. The van der Waals surface area contributed by atoms with Gasteiger partial charge in [0.2, 0.25) is 6.79 Å². The topological polar surface area (TPSA) is 122 Å². The molecular formula is C23H19N3O6. The number of hydrogen-bond donors (Lipinski definition) is 2. The Morgan fingerprint density at radius 1 is 0.969 bits per heavy atom. The van der Waals surface area contributed by atoms with Crippen molar-refractivity contribution in [3.05, 3.63) is 70.4 Å². The van der Waals surface area contributed by atoms with E-state index in [1.807, 2.05) is 30.3 Å². The number of carbonyl (C=O) groups excluding carboxylic acids is 2. The first-order chi connectivity index (χ1) is 15.4. The number of amides is 2. The standard InChI is InChI=1S/C23H19N3O6/c1-11-12(2)25-19-18(24-11)20(27)16-17(21(19)28)23(30)26(22(16)29)14(15-9-31-10-32-15)8-13-6-4-3-5-7-13/h3-7,9,14,27-28H,8,10H2,1-2H3. The van der Waals surface area contributed by atoms with Crippen molar-refractivity contribution in [2.45, 2.75) is 26.3 Å². The van der Waals surface area contributed by atoms with Gasteiger partial charge in [-0.05, 0) is 19.4 Å². The van der Waals surface area contributed by atoms with Gasteiger partial charge < -0.3 is 19.7 Å². The highest BCUT2D eigenvalue weighted by Crippen LogP contribution is 2.44. The summed E-state index contributed by atoms with van der Waals surface area (Å²) in [4.78, 5) is 36.4. The summed E-state index contributed by atoms with van der Waals surface area (Å²) >= 11 is 0. The van der Waals surface area contributed by atoms with Crippen LogP contribution in [0.1, 0.15) is 37.7 Å². The van der Waals surface area contributed by atoms with Crippen molar-refractivity contribution in [3.63, 3.8) is 0 Å². The number of hydrogen-bond acceptors (Lipinski definition) is 8. The van der Waals surface area contributed by atoms with Crippen molar-refractivity contribution >= 4 is 22.8 Å².